The molecule has 0 atom stereocenters. The van der Waals surface area contributed by atoms with Crippen LogP contribution in [0.1, 0.15) is 21.5 Å². The van der Waals surface area contributed by atoms with E-state index in [4.69, 9.17) is 4.74 Å². The smallest absolute Gasteiger partial charge is 0.346 e. The normalized spacial score (nSPS) is 10.8. The molecule has 0 N–H and O–H groups in total. The summed E-state index contributed by atoms with van der Waals surface area (Å²) in [4.78, 5) is 25.3. The van der Waals surface area contributed by atoms with Crippen LogP contribution in [0, 0.1) is 19.7 Å². The SMILES string of the molecule is Cc1cccc(C)c1C(=O)Oc1ncc(F)c(/N=C/N(C)C)n1. The summed E-state index contributed by atoms with van der Waals surface area (Å²) < 4.78 is 18.8. The number of hydrogen-bond acceptors (Lipinski definition) is 5. The molecule has 0 spiro atoms. The first-order chi connectivity index (χ1) is 10.9. The molecule has 0 aliphatic heterocycles. The number of carbonyl (C=O) groups is 1. The van der Waals surface area contributed by atoms with Gasteiger partial charge in [0, 0.05) is 14.1 Å². The second kappa shape index (κ2) is 6.95. The predicted octanol–water partition coefficient (Wildman–Crippen LogP) is 2.67. The van der Waals surface area contributed by atoms with Crippen LogP contribution in [0.3, 0.4) is 0 Å². The number of rotatable bonds is 4. The lowest BCUT2D eigenvalue weighted by Gasteiger charge is -2.08. The van der Waals surface area contributed by atoms with E-state index in [-0.39, 0.29) is 11.8 Å². The molecule has 0 fully saturated rings. The van der Waals surface area contributed by atoms with Gasteiger partial charge in [0.05, 0.1) is 18.1 Å². The quantitative estimate of drug-likeness (QED) is 0.493. The lowest BCUT2D eigenvalue weighted by Crippen LogP contribution is -2.14. The van der Waals surface area contributed by atoms with Gasteiger partial charge in [-0.1, -0.05) is 18.2 Å². The lowest BCUT2D eigenvalue weighted by atomic mass is 10.0. The minimum atomic E-state index is -0.699. The Morgan fingerprint density at radius 1 is 1.30 bits per heavy atom. The van der Waals surface area contributed by atoms with Gasteiger partial charge in [0.15, 0.2) is 11.6 Å². The molecule has 0 saturated carbocycles. The summed E-state index contributed by atoms with van der Waals surface area (Å²) in [6.07, 6.45) is 2.31. The highest BCUT2D eigenvalue weighted by Crippen LogP contribution is 2.19. The van der Waals surface area contributed by atoms with Gasteiger partial charge in [-0.3, -0.25) is 0 Å². The Bertz CT molecular complexity index is 739. The zero-order chi connectivity index (χ0) is 17.0. The van der Waals surface area contributed by atoms with E-state index in [0.29, 0.717) is 5.56 Å². The third-order valence-corrected chi connectivity index (χ3v) is 2.98. The van der Waals surface area contributed by atoms with Crippen LogP contribution in [0.15, 0.2) is 29.4 Å². The number of nitrogens with zero attached hydrogens (tertiary/aromatic N) is 4. The number of aromatic nitrogens is 2. The summed E-state index contributed by atoms with van der Waals surface area (Å²) in [5.41, 5.74) is 2.00. The fraction of sp³-hybridized carbons (Fsp3) is 0.250. The number of ether oxygens (including phenoxy) is 1. The Hall–Kier alpha value is -2.83. The summed E-state index contributed by atoms with van der Waals surface area (Å²) >= 11 is 0. The minimum Gasteiger partial charge on any atom is -0.387 e. The van der Waals surface area contributed by atoms with E-state index in [9.17, 15) is 9.18 Å². The highest BCUT2D eigenvalue weighted by molar-refractivity contribution is 5.93. The van der Waals surface area contributed by atoms with E-state index in [1.54, 1.807) is 19.0 Å². The molecule has 1 aromatic carbocycles. The van der Waals surface area contributed by atoms with Crippen molar-refractivity contribution in [2.24, 2.45) is 4.99 Å². The fourth-order valence-electron chi connectivity index (χ4n) is 1.92. The molecule has 6 nitrogen and oxygen atoms in total. The summed E-state index contributed by atoms with van der Waals surface area (Å²) in [7, 11) is 3.48. The monoisotopic (exact) mass is 316 g/mol. The molecule has 0 aliphatic carbocycles. The van der Waals surface area contributed by atoms with Crippen LogP contribution in [0.5, 0.6) is 6.01 Å². The molecule has 0 bridgehead atoms. The van der Waals surface area contributed by atoms with Crippen molar-refractivity contribution >= 4 is 18.1 Å². The maximum absolute atomic E-state index is 13.6. The van der Waals surface area contributed by atoms with E-state index < -0.39 is 11.8 Å². The van der Waals surface area contributed by atoms with Crippen LogP contribution in [-0.4, -0.2) is 41.3 Å². The number of carbonyl (C=O) groups excluding carboxylic acids is 1. The van der Waals surface area contributed by atoms with Gasteiger partial charge in [0.1, 0.15) is 0 Å². The van der Waals surface area contributed by atoms with Gasteiger partial charge in [-0.05, 0) is 25.0 Å². The summed E-state index contributed by atoms with van der Waals surface area (Å²) in [5, 5.41) is 0. The van der Waals surface area contributed by atoms with E-state index in [1.807, 2.05) is 32.0 Å². The third-order valence-electron chi connectivity index (χ3n) is 2.98. The van der Waals surface area contributed by atoms with Crippen molar-refractivity contribution in [1.82, 2.24) is 14.9 Å². The van der Waals surface area contributed by atoms with Crippen LogP contribution < -0.4 is 4.74 Å². The van der Waals surface area contributed by atoms with Crippen molar-refractivity contribution in [1.29, 1.82) is 0 Å². The van der Waals surface area contributed by atoms with Gasteiger partial charge in [0.2, 0.25) is 0 Å². The molecule has 1 aromatic heterocycles. The minimum absolute atomic E-state index is 0.196. The van der Waals surface area contributed by atoms with Gasteiger partial charge >= 0.3 is 12.0 Å². The zero-order valence-corrected chi connectivity index (χ0v) is 13.4. The van der Waals surface area contributed by atoms with Crippen molar-refractivity contribution in [3.63, 3.8) is 0 Å². The molecule has 0 radical (unpaired) electrons. The molecular formula is C16H17FN4O2. The molecule has 23 heavy (non-hydrogen) atoms. The second-order valence-electron chi connectivity index (χ2n) is 5.19. The molecule has 0 unspecified atom stereocenters. The Balaban J connectivity index is 2.27. The Morgan fingerprint density at radius 3 is 2.57 bits per heavy atom. The fourth-order valence-corrected chi connectivity index (χ4v) is 1.92. The standard InChI is InChI=1S/C16H17FN4O2/c1-10-6-5-7-11(2)13(10)15(22)23-16-18-8-12(17)14(20-16)19-9-21(3)4/h5-9H,1-4H3/b19-9+. The maximum atomic E-state index is 13.6. The van der Waals surface area contributed by atoms with Crippen molar-refractivity contribution in [2.75, 3.05) is 14.1 Å². The van der Waals surface area contributed by atoms with E-state index >= 15 is 0 Å². The average molecular weight is 316 g/mol. The average Bonchev–Trinajstić information content (AvgIpc) is 2.47. The number of aryl methyl sites for hydroxylation is 2. The van der Waals surface area contributed by atoms with Crippen LogP contribution in [0.2, 0.25) is 0 Å². The highest BCUT2D eigenvalue weighted by atomic mass is 19.1. The zero-order valence-electron chi connectivity index (χ0n) is 13.4. The largest absolute Gasteiger partial charge is 0.387 e. The number of hydrogen-bond donors (Lipinski definition) is 0. The van der Waals surface area contributed by atoms with Crippen molar-refractivity contribution in [3.05, 3.63) is 46.9 Å². The molecule has 0 saturated heterocycles. The second-order valence-corrected chi connectivity index (χ2v) is 5.19. The van der Waals surface area contributed by atoms with Gasteiger partial charge in [0.25, 0.3) is 0 Å². The van der Waals surface area contributed by atoms with E-state index in [1.165, 1.54) is 6.34 Å². The lowest BCUT2D eigenvalue weighted by molar-refractivity contribution is 0.0717. The van der Waals surface area contributed by atoms with Gasteiger partial charge < -0.3 is 9.64 Å². The van der Waals surface area contributed by atoms with Crippen LogP contribution >= 0.6 is 0 Å². The van der Waals surface area contributed by atoms with Gasteiger partial charge in [-0.15, -0.1) is 0 Å². The number of esters is 1. The summed E-state index contributed by atoms with van der Waals surface area (Å²) in [5.74, 6) is -1.48. The van der Waals surface area contributed by atoms with E-state index in [2.05, 4.69) is 15.0 Å². The van der Waals surface area contributed by atoms with Crippen LogP contribution in [0.25, 0.3) is 0 Å². The Kier molecular flexibility index (Phi) is 5.00. The molecule has 0 aliphatic rings. The first kappa shape index (κ1) is 16.5. The molecule has 1 heterocycles. The van der Waals surface area contributed by atoms with Gasteiger partial charge in [-0.25, -0.2) is 19.2 Å². The number of benzene rings is 1. The van der Waals surface area contributed by atoms with E-state index in [0.717, 1.165) is 17.3 Å². The highest BCUT2D eigenvalue weighted by Gasteiger charge is 2.16. The topological polar surface area (TPSA) is 67.7 Å². The maximum Gasteiger partial charge on any atom is 0.346 e. The Labute approximate surface area is 133 Å². The third kappa shape index (κ3) is 4.09. The molecular weight excluding hydrogens is 299 g/mol. The first-order valence-electron chi connectivity index (χ1n) is 6.90. The van der Waals surface area contributed by atoms with Crippen LogP contribution in [-0.2, 0) is 0 Å². The molecule has 120 valence electrons. The van der Waals surface area contributed by atoms with Crippen molar-refractivity contribution in [3.8, 4) is 6.01 Å². The molecule has 0 amide bonds. The Morgan fingerprint density at radius 2 is 1.96 bits per heavy atom. The molecule has 2 rings (SSSR count). The summed E-state index contributed by atoms with van der Waals surface area (Å²) in [6.45, 7) is 3.61. The number of halogens is 1. The van der Waals surface area contributed by atoms with Crippen molar-refractivity contribution in [2.45, 2.75) is 13.8 Å². The summed E-state index contributed by atoms with van der Waals surface area (Å²) in [6, 6.07) is 5.22. The molecule has 7 heteroatoms. The van der Waals surface area contributed by atoms with Crippen molar-refractivity contribution < 1.29 is 13.9 Å². The number of aliphatic imine (C=N–C) groups is 1. The molecule has 2 aromatic rings. The first-order valence-corrected chi connectivity index (χ1v) is 6.90. The van der Waals surface area contributed by atoms with Gasteiger partial charge in [-0.2, -0.15) is 4.98 Å². The predicted molar refractivity (Wildman–Crippen MR) is 84.7 cm³/mol. The van der Waals surface area contributed by atoms with Crippen LogP contribution in [0.4, 0.5) is 10.2 Å².